The van der Waals surface area contributed by atoms with Crippen molar-refractivity contribution in [1.82, 2.24) is 0 Å². The lowest BCUT2D eigenvalue weighted by atomic mass is 9.84. The molecule has 1 aliphatic carbocycles. The van der Waals surface area contributed by atoms with E-state index in [1.165, 1.54) is 30.3 Å². The second-order valence-corrected chi connectivity index (χ2v) is 8.19. The van der Waals surface area contributed by atoms with E-state index in [9.17, 15) is 19.2 Å². The molecule has 0 saturated carbocycles. The monoisotopic (exact) mass is 517 g/mol. The van der Waals surface area contributed by atoms with Crippen molar-refractivity contribution in [1.29, 1.82) is 0 Å². The van der Waals surface area contributed by atoms with Crippen LogP contribution >= 0.6 is 0 Å². The zero-order chi connectivity index (χ0) is 27.2. The Labute approximate surface area is 219 Å². The number of nitrogens with one attached hydrogen (secondary N) is 1. The zero-order valence-corrected chi connectivity index (χ0v) is 21.3. The van der Waals surface area contributed by atoms with Crippen LogP contribution in [0.3, 0.4) is 0 Å². The molecule has 1 aliphatic rings. The summed E-state index contributed by atoms with van der Waals surface area (Å²) in [5, 5.41) is 2.60. The average molecular weight is 518 g/mol. The van der Waals surface area contributed by atoms with Gasteiger partial charge in [0.2, 0.25) is 5.75 Å². The Morgan fingerprint density at radius 3 is 1.84 bits per heavy atom. The molecule has 3 aromatic rings. The molecule has 0 heterocycles. The number of rotatable bonds is 10. The SMILES string of the molecule is CCOc1cc(C(=O)OCC(=O)Nc2ccc3c(c2)C(=O)c2ccccc2C3=O)cc(OCC)c1OCC. The number of carbonyl (C=O) groups is 4. The van der Waals surface area contributed by atoms with E-state index >= 15 is 0 Å². The number of hydrogen-bond donors (Lipinski definition) is 1. The van der Waals surface area contributed by atoms with Gasteiger partial charge >= 0.3 is 5.97 Å². The first-order valence-corrected chi connectivity index (χ1v) is 12.2. The molecule has 0 atom stereocenters. The van der Waals surface area contributed by atoms with Gasteiger partial charge in [-0.1, -0.05) is 24.3 Å². The summed E-state index contributed by atoms with van der Waals surface area (Å²) in [7, 11) is 0. The molecule has 0 saturated heterocycles. The molecule has 0 aromatic heterocycles. The summed E-state index contributed by atoms with van der Waals surface area (Å²) >= 11 is 0. The smallest absolute Gasteiger partial charge is 0.338 e. The van der Waals surface area contributed by atoms with Crippen LogP contribution in [0.1, 0.15) is 63.0 Å². The molecular weight excluding hydrogens is 490 g/mol. The van der Waals surface area contributed by atoms with Crippen molar-refractivity contribution in [2.24, 2.45) is 0 Å². The van der Waals surface area contributed by atoms with E-state index in [2.05, 4.69) is 5.32 Å². The highest BCUT2D eigenvalue weighted by Crippen LogP contribution is 2.39. The van der Waals surface area contributed by atoms with Crippen LogP contribution in [0.15, 0.2) is 54.6 Å². The van der Waals surface area contributed by atoms with Crippen LogP contribution in [-0.4, -0.2) is 49.9 Å². The number of amides is 1. The van der Waals surface area contributed by atoms with Gasteiger partial charge in [0.15, 0.2) is 29.7 Å². The molecule has 1 amide bonds. The molecule has 9 heteroatoms. The molecule has 38 heavy (non-hydrogen) atoms. The highest BCUT2D eigenvalue weighted by Gasteiger charge is 2.29. The molecule has 3 aromatic carbocycles. The molecule has 0 unspecified atom stereocenters. The van der Waals surface area contributed by atoms with Crippen molar-refractivity contribution in [2.45, 2.75) is 20.8 Å². The van der Waals surface area contributed by atoms with E-state index in [1.54, 1.807) is 38.1 Å². The Morgan fingerprint density at radius 2 is 1.26 bits per heavy atom. The molecule has 0 bridgehead atoms. The lowest BCUT2D eigenvalue weighted by Gasteiger charge is -2.18. The summed E-state index contributed by atoms with van der Waals surface area (Å²) in [6.45, 7) is 5.90. The van der Waals surface area contributed by atoms with Gasteiger partial charge in [-0.2, -0.15) is 0 Å². The van der Waals surface area contributed by atoms with Gasteiger partial charge in [0.1, 0.15) is 0 Å². The first-order chi connectivity index (χ1) is 18.4. The third kappa shape index (κ3) is 5.36. The maximum Gasteiger partial charge on any atom is 0.338 e. The predicted octanol–water partition coefficient (Wildman–Crippen LogP) is 4.45. The number of esters is 1. The van der Waals surface area contributed by atoms with Gasteiger partial charge in [-0.25, -0.2) is 4.79 Å². The lowest BCUT2D eigenvalue weighted by molar-refractivity contribution is -0.119. The average Bonchev–Trinajstić information content (AvgIpc) is 2.92. The molecule has 196 valence electrons. The Bertz CT molecular complexity index is 1380. The minimum Gasteiger partial charge on any atom is -0.490 e. The number of ether oxygens (including phenoxy) is 4. The maximum absolute atomic E-state index is 12.9. The molecule has 0 radical (unpaired) electrons. The van der Waals surface area contributed by atoms with Gasteiger partial charge in [0.05, 0.1) is 25.4 Å². The molecule has 4 rings (SSSR count). The topological polar surface area (TPSA) is 117 Å². The summed E-state index contributed by atoms with van der Waals surface area (Å²) in [4.78, 5) is 50.9. The standard InChI is InChI=1S/C29H27NO8/c1-4-35-23-13-17(14-24(36-5-2)28(23)37-6-3)29(34)38-16-25(31)30-18-11-12-21-22(15-18)27(33)20-10-8-7-9-19(20)26(21)32/h7-15H,4-6,16H2,1-3H3,(H,30,31). The zero-order valence-electron chi connectivity index (χ0n) is 21.3. The summed E-state index contributed by atoms with van der Waals surface area (Å²) in [6, 6.07) is 14.0. The summed E-state index contributed by atoms with van der Waals surface area (Å²) in [5.41, 5.74) is 1.56. The summed E-state index contributed by atoms with van der Waals surface area (Å²) in [6.07, 6.45) is 0. The van der Waals surface area contributed by atoms with Crippen molar-refractivity contribution < 1.29 is 38.1 Å². The Balaban J connectivity index is 1.46. The number of benzene rings is 3. The van der Waals surface area contributed by atoms with Gasteiger partial charge < -0.3 is 24.3 Å². The van der Waals surface area contributed by atoms with Crippen LogP contribution in [0.4, 0.5) is 5.69 Å². The van der Waals surface area contributed by atoms with E-state index in [-0.39, 0.29) is 28.3 Å². The largest absolute Gasteiger partial charge is 0.490 e. The Morgan fingerprint density at radius 1 is 0.711 bits per heavy atom. The van der Waals surface area contributed by atoms with Crippen molar-refractivity contribution in [3.05, 3.63) is 82.4 Å². The molecule has 0 aliphatic heterocycles. The molecule has 0 fully saturated rings. The quantitative estimate of drug-likeness (QED) is 0.307. The van der Waals surface area contributed by atoms with E-state index < -0.39 is 18.5 Å². The Hall–Kier alpha value is -4.66. The first-order valence-electron chi connectivity index (χ1n) is 12.2. The molecule has 0 spiro atoms. The fraction of sp³-hybridized carbons (Fsp3) is 0.241. The number of carbonyl (C=O) groups excluding carboxylic acids is 4. The number of hydrogen-bond acceptors (Lipinski definition) is 8. The van der Waals surface area contributed by atoms with Gasteiger partial charge in [-0.15, -0.1) is 0 Å². The lowest BCUT2D eigenvalue weighted by Crippen LogP contribution is -2.23. The maximum atomic E-state index is 12.9. The van der Waals surface area contributed by atoms with Crippen LogP contribution in [0, 0.1) is 0 Å². The molecule has 9 nitrogen and oxygen atoms in total. The predicted molar refractivity (Wildman–Crippen MR) is 139 cm³/mol. The van der Waals surface area contributed by atoms with Crippen LogP contribution in [0.2, 0.25) is 0 Å². The van der Waals surface area contributed by atoms with Crippen LogP contribution in [0.5, 0.6) is 17.2 Å². The van der Waals surface area contributed by atoms with E-state index in [0.717, 1.165) is 0 Å². The summed E-state index contributed by atoms with van der Waals surface area (Å²) < 4.78 is 22.1. The van der Waals surface area contributed by atoms with Crippen molar-refractivity contribution >= 4 is 29.1 Å². The molecule has 1 N–H and O–H groups in total. The number of anilines is 1. The summed E-state index contributed by atoms with van der Waals surface area (Å²) in [5.74, 6) is -0.896. The second kappa shape index (κ2) is 11.6. The highest BCUT2D eigenvalue weighted by molar-refractivity contribution is 6.28. The fourth-order valence-corrected chi connectivity index (χ4v) is 4.10. The van der Waals surface area contributed by atoms with Gasteiger partial charge in [-0.3, -0.25) is 14.4 Å². The van der Waals surface area contributed by atoms with Crippen molar-refractivity contribution in [3.8, 4) is 17.2 Å². The van der Waals surface area contributed by atoms with Gasteiger partial charge in [0.25, 0.3) is 5.91 Å². The van der Waals surface area contributed by atoms with E-state index in [0.29, 0.717) is 53.9 Å². The van der Waals surface area contributed by atoms with Gasteiger partial charge in [-0.05, 0) is 51.1 Å². The van der Waals surface area contributed by atoms with Gasteiger partial charge in [0, 0.05) is 27.9 Å². The van der Waals surface area contributed by atoms with Crippen LogP contribution < -0.4 is 19.5 Å². The normalized spacial score (nSPS) is 11.8. The van der Waals surface area contributed by atoms with E-state index in [4.69, 9.17) is 18.9 Å². The third-order valence-corrected chi connectivity index (χ3v) is 5.69. The fourth-order valence-electron chi connectivity index (χ4n) is 4.10. The second-order valence-electron chi connectivity index (χ2n) is 8.19. The van der Waals surface area contributed by atoms with E-state index in [1.807, 2.05) is 6.92 Å². The number of fused-ring (bicyclic) bond motifs is 2. The van der Waals surface area contributed by atoms with Crippen LogP contribution in [-0.2, 0) is 9.53 Å². The Kier molecular flexibility index (Phi) is 8.06. The van der Waals surface area contributed by atoms with Crippen molar-refractivity contribution in [3.63, 3.8) is 0 Å². The third-order valence-electron chi connectivity index (χ3n) is 5.69. The minimum atomic E-state index is -0.757. The highest BCUT2D eigenvalue weighted by atomic mass is 16.5. The molecular formula is C29H27NO8. The van der Waals surface area contributed by atoms with Crippen LogP contribution in [0.25, 0.3) is 0 Å². The minimum absolute atomic E-state index is 0.129. The first kappa shape index (κ1) is 26.4. The number of ketones is 2. The van der Waals surface area contributed by atoms with Crippen molar-refractivity contribution in [2.75, 3.05) is 31.7 Å².